The molecule has 2 rings (SSSR count). The van der Waals surface area contributed by atoms with Crippen LogP contribution in [0, 0.1) is 19.7 Å². The summed E-state index contributed by atoms with van der Waals surface area (Å²) in [5.41, 5.74) is 4.37. The topological polar surface area (TPSA) is 29.9 Å². The van der Waals surface area contributed by atoms with Crippen molar-refractivity contribution in [1.82, 2.24) is 15.1 Å². The van der Waals surface area contributed by atoms with Crippen LogP contribution in [-0.2, 0) is 6.54 Å². The quantitative estimate of drug-likeness (QED) is 0.877. The Balaban J connectivity index is 2.22. The van der Waals surface area contributed by atoms with E-state index in [2.05, 4.69) is 31.2 Å². The van der Waals surface area contributed by atoms with Gasteiger partial charge in [-0.3, -0.25) is 4.68 Å². The molecule has 0 bridgehead atoms. The van der Waals surface area contributed by atoms with Gasteiger partial charge in [0.2, 0.25) is 0 Å². The summed E-state index contributed by atoms with van der Waals surface area (Å²) in [5.74, 6) is -0.202. The Morgan fingerprint density at radius 1 is 1.33 bits per heavy atom. The van der Waals surface area contributed by atoms with Crippen LogP contribution in [0.1, 0.15) is 48.8 Å². The van der Waals surface area contributed by atoms with E-state index in [-0.39, 0.29) is 11.9 Å². The Hall–Kier alpha value is -1.68. The lowest BCUT2D eigenvalue weighted by Gasteiger charge is -2.14. The van der Waals surface area contributed by atoms with Crippen molar-refractivity contribution < 1.29 is 4.39 Å². The average Bonchev–Trinajstić information content (AvgIpc) is 2.71. The van der Waals surface area contributed by atoms with E-state index in [0.29, 0.717) is 6.54 Å². The first-order valence-electron chi connectivity index (χ1n) is 7.54. The highest BCUT2D eigenvalue weighted by Crippen LogP contribution is 2.22. The van der Waals surface area contributed by atoms with Gasteiger partial charge in [0.15, 0.2) is 0 Å². The highest BCUT2D eigenvalue weighted by Gasteiger charge is 2.17. The van der Waals surface area contributed by atoms with E-state index in [4.69, 9.17) is 0 Å². The van der Waals surface area contributed by atoms with E-state index >= 15 is 0 Å². The molecule has 0 radical (unpaired) electrons. The summed E-state index contributed by atoms with van der Waals surface area (Å²) in [6, 6.07) is 6.98. The van der Waals surface area contributed by atoms with E-state index < -0.39 is 0 Å². The van der Waals surface area contributed by atoms with Crippen LogP contribution >= 0.6 is 0 Å². The molecule has 2 aromatic rings. The third kappa shape index (κ3) is 3.70. The molecule has 0 amide bonds. The van der Waals surface area contributed by atoms with Gasteiger partial charge in [-0.1, -0.05) is 19.1 Å². The van der Waals surface area contributed by atoms with Crippen molar-refractivity contribution in [3.05, 3.63) is 52.6 Å². The zero-order valence-electron chi connectivity index (χ0n) is 13.3. The Morgan fingerprint density at radius 2 is 2.10 bits per heavy atom. The fraction of sp³-hybridized carbons (Fsp3) is 0.471. The molecule has 1 atom stereocenters. The van der Waals surface area contributed by atoms with Crippen molar-refractivity contribution in [2.24, 2.45) is 0 Å². The van der Waals surface area contributed by atoms with Gasteiger partial charge >= 0.3 is 0 Å². The number of aryl methyl sites for hydroxylation is 1. The first kappa shape index (κ1) is 15.7. The highest BCUT2D eigenvalue weighted by atomic mass is 19.1. The number of aromatic nitrogens is 2. The number of rotatable bonds is 6. The Morgan fingerprint density at radius 3 is 2.76 bits per heavy atom. The van der Waals surface area contributed by atoms with Gasteiger partial charge in [0.1, 0.15) is 5.82 Å². The normalized spacial score (nSPS) is 12.6. The maximum atomic E-state index is 13.3. The summed E-state index contributed by atoms with van der Waals surface area (Å²) in [6.07, 6.45) is 1.11. The van der Waals surface area contributed by atoms with Crippen LogP contribution in [0.25, 0.3) is 0 Å². The number of nitrogens with one attached hydrogen (secondary N) is 1. The molecule has 1 heterocycles. The van der Waals surface area contributed by atoms with Gasteiger partial charge in [-0.25, -0.2) is 4.39 Å². The summed E-state index contributed by atoms with van der Waals surface area (Å²) in [6.45, 7) is 10.0. The van der Waals surface area contributed by atoms with Crippen molar-refractivity contribution in [3.63, 3.8) is 0 Å². The average molecular weight is 289 g/mol. The lowest BCUT2D eigenvalue weighted by molar-refractivity contribution is 0.564. The van der Waals surface area contributed by atoms with Crippen LogP contribution in [0.4, 0.5) is 4.39 Å². The number of halogens is 1. The second-order valence-corrected chi connectivity index (χ2v) is 5.55. The van der Waals surface area contributed by atoms with Crippen LogP contribution in [0.3, 0.4) is 0 Å². The molecule has 1 N–H and O–H groups in total. The summed E-state index contributed by atoms with van der Waals surface area (Å²) in [5, 5.41) is 8.12. The predicted molar refractivity (Wildman–Crippen MR) is 83.9 cm³/mol. The minimum absolute atomic E-state index is 0.202. The summed E-state index contributed by atoms with van der Waals surface area (Å²) in [7, 11) is 0. The van der Waals surface area contributed by atoms with Gasteiger partial charge < -0.3 is 5.32 Å². The van der Waals surface area contributed by atoms with Gasteiger partial charge in [0, 0.05) is 17.3 Å². The molecule has 0 saturated carbocycles. The van der Waals surface area contributed by atoms with Crippen LogP contribution in [-0.4, -0.2) is 16.3 Å². The van der Waals surface area contributed by atoms with E-state index in [9.17, 15) is 4.39 Å². The van der Waals surface area contributed by atoms with Crippen molar-refractivity contribution in [2.45, 2.75) is 46.7 Å². The molecule has 1 unspecified atom stereocenters. The summed E-state index contributed by atoms with van der Waals surface area (Å²) < 4.78 is 15.2. The maximum absolute atomic E-state index is 13.3. The van der Waals surface area contributed by atoms with Gasteiger partial charge in [0.25, 0.3) is 0 Å². The lowest BCUT2D eigenvalue weighted by Crippen LogP contribution is -2.20. The monoisotopic (exact) mass is 289 g/mol. The third-order valence-electron chi connectivity index (χ3n) is 3.79. The Bertz CT molecular complexity index is 604. The predicted octanol–water partition coefficient (Wildman–Crippen LogP) is 3.75. The fourth-order valence-electron chi connectivity index (χ4n) is 2.76. The minimum atomic E-state index is -0.202. The molecule has 114 valence electrons. The number of hydrogen-bond donors (Lipinski definition) is 1. The van der Waals surface area contributed by atoms with E-state index in [0.717, 1.165) is 29.9 Å². The largest absolute Gasteiger partial charge is 0.310 e. The molecule has 21 heavy (non-hydrogen) atoms. The molecular formula is C17H24FN3. The van der Waals surface area contributed by atoms with Gasteiger partial charge in [-0.2, -0.15) is 5.10 Å². The van der Waals surface area contributed by atoms with E-state index in [1.54, 1.807) is 12.1 Å². The molecule has 1 aromatic carbocycles. The molecule has 4 heteroatoms. The van der Waals surface area contributed by atoms with Crippen LogP contribution < -0.4 is 5.32 Å². The molecule has 3 nitrogen and oxygen atoms in total. The van der Waals surface area contributed by atoms with Crippen LogP contribution in [0.2, 0.25) is 0 Å². The van der Waals surface area contributed by atoms with Crippen molar-refractivity contribution in [3.8, 4) is 0 Å². The zero-order chi connectivity index (χ0) is 15.4. The van der Waals surface area contributed by atoms with Crippen LogP contribution in [0.5, 0.6) is 0 Å². The smallest absolute Gasteiger partial charge is 0.123 e. The SMILES string of the molecule is CCCNC(C)c1c(C)nn(Cc2cccc(F)c2)c1C. The number of nitrogens with zero attached hydrogens (tertiary/aromatic N) is 2. The van der Waals surface area contributed by atoms with Crippen molar-refractivity contribution >= 4 is 0 Å². The first-order chi connectivity index (χ1) is 10.0. The number of benzene rings is 1. The molecular weight excluding hydrogens is 265 g/mol. The standard InChI is InChI=1S/C17H24FN3/c1-5-9-19-12(2)17-13(3)20-21(14(17)4)11-15-7-6-8-16(18)10-15/h6-8,10,12,19H,5,9,11H2,1-4H3. The molecule has 0 spiro atoms. The lowest BCUT2D eigenvalue weighted by atomic mass is 10.1. The molecule has 0 aliphatic carbocycles. The fourth-order valence-corrected chi connectivity index (χ4v) is 2.76. The second-order valence-electron chi connectivity index (χ2n) is 5.55. The van der Waals surface area contributed by atoms with Crippen molar-refractivity contribution in [2.75, 3.05) is 6.54 Å². The Labute approximate surface area is 126 Å². The maximum Gasteiger partial charge on any atom is 0.123 e. The molecule has 0 saturated heterocycles. The van der Waals surface area contributed by atoms with E-state index in [1.165, 1.54) is 11.6 Å². The second kappa shape index (κ2) is 6.85. The third-order valence-corrected chi connectivity index (χ3v) is 3.79. The van der Waals surface area contributed by atoms with Gasteiger partial charge in [0.05, 0.1) is 12.2 Å². The highest BCUT2D eigenvalue weighted by molar-refractivity contribution is 5.29. The number of hydrogen-bond acceptors (Lipinski definition) is 2. The summed E-state index contributed by atoms with van der Waals surface area (Å²) >= 11 is 0. The van der Waals surface area contributed by atoms with Gasteiger partial charge in [-0.05, 0) is 51.4 Å². The van der Waals surface area contributed by atoms with Crippen LogP contribution in [0.15, 0.2) is 24.3 Å². The van der Waals surface area contributed by atoms with Gasteiger partial charge in [-0.15, -0.1) is 0 Å². The molecule has 1 aromatic heterocycles. The van der Waals surface area contributed by atoms with Crippen molar-refractivity contribution in [1.29, 1.82) is 0 Å². The molecule has 0 aliphatic rings. The molecule has 0 aliphatic heterocycles. The minimum Gasteiger partial charge on any atom is -0.310 e. The summed E-state index contributed by atoms with van der Waals surface area (Å²) in [4.78, 5) is 0. The molecule has 0 fully saturated rings. The first-order valence-corrected chi connectivity index (χ1v) is 7.54. The Kier molecular flexibility index (Phi) is 5.12. The van der Waals surface area contributed by atoms with E-state index in [1.807, 2.05) is 17.7 Å². The zero-order valence-corrected chi connectivity index (χ0v) is 13.3.